The number of thiophene rings is 1. The largest absolute Gasteiger partial charge is 0.361 e. The third kappa shape index (κ3) is 1.79. The molecule has 0 amide bonds. The lowest BCUT2D eigenvalue weighted by molar-refractivity contribution is 0.151. The van der Waals surface area contributed by atoms with E-state index >= 15 is 0 Å². The topological polar surface area (TPSA) is 33.0 Å². The number of methoxy groups -OCH3 is 1. The van der Waals surface area contributed by atoms with Crippen LogP contribution in [0.5, 0.6) is 0 Å². The standard InChI is InChI=1S/C8H9NOS/c1-6-3-4-8(11-6)7(5-9)10-2/h3-4,7H,1-2H3/t7-/m0/s1. The summed E-state index contributed by atoms with van der Waals surface area (Å²) in [7, 11) is 1.54. The molecule has 0 saturated heterocycles. The fourth-order valence-corrected chi connectivity index (χ4v) is 1.73. The molecule has 1 atom stereocenters. The Bertz CT molecular complexity index is 274. The van der Waals surface area contributed by atoms with E-state index in [4.69, 9.17) is 10.00 Å². The van der Waals surface area contributed by atoms with Crippen LogP contribution in [0.15, 0.2) is 12.1 Å². The van der Waals surface area contributed by atoms with Crippen LogP contribution in [0.1, 0.15) is 15.9 Å². The molecule has 1 rings (SSSR count). The van der Waals surface area contributed by atoms with Gasteiger partial charge in [-0.2, -0.15) is 5.26 Å². The first-order valence-corrected chi connectivity index (χ1v) is 4.08. The van der Waals surface area contributed by atoms with Crippen molar-refractivity contribution in [1.29, 1.82) is 5.26 Å². The third-order valence-corrected chi connectivity index (χ3v) is 2.42. The summed E-state index contributed by atoms with van der Waals surface area (Å²) < 4.78 is 4.95. The van der Waals surface area contributed by atoms with E-state index < -0.39 is 6.10 Å². The lowest BCUT2D eigenvalue weighted by Gasteiger charge is -2.01. The Balaban J connectivity index is 2.84. The fraction of sp³-hybridized carbons (Fsp3) is 0.375. The van der Waals surface area contributed by atoms with Crippen LogP contribution in [0.25, 0.3) is 0 Å². The van der Waals surface area contributed by atoms with Crippen molar-refractivity contribution in [3.63, 3.8) is 0 Å². The number of nitrogens with zero attached hydrogens (tertiary/aromatic N) is 1. The molecule has 0 unspecified atom stereocenters. The second-order valence-corrected chi connectivity index (χ2v) is 3.51. The van der Waals surface area contributed by atoms with Gasteiger partial charge in [-0.05, 0) is 19.1 Å². The first-order chi connectivity index (χ1) is 5.27. The molecule has 2 nitrogen and oxygen atoms in total. The van der Waals surface area contributed by atoms with Gasteiger partial charge in [0.25, 0.3) is 0 Å². The normalized spacial score (nSPS) is 12.5. The highest BCUT2D eigenvalue weighted by atomic mass is 32.1. The van der Waals surface area contributed by atoms with Gasteiger partial charge in [-0.15, -0.1) is 11.3 Å². The Kier molecular flexibility index (Phi) is 2.64. The summed E-state index contributed by atoms with van der Waals surface area (Å²) in [6, 6.07) is 5.99. The number of hydrogen-bond donors (Lipinski definition) is 0. The maximum absolute atomic E-state index is 8.62. The third-order valence-electron chi connectivity index (χ3n) is 1.37. The molecule has 0 aliphatic carbocycles. The monoisotopic (exact) mass is 167 g/mol. The molecular weight excluding hydrogens is 158 g/mol. The van der Waals surface area contributed by atoms with Crippen LogP contribution in [0, 0.1) is 18.3 Å². The molecule has 3 heteroatoms. The number of hydrogen-bond acceptors (Lipinski definition) is 3. The molecule has 1 aromatic rings. The molecule has 0 N–H and O–H groups in total. The van der Waals surface area contributed by atoms with Crippen molar-refractivity contribution in [2.75, 3.05) is 7.11 Å². The second-order valence-electron chi connectivity index (χ2n) is 2.19. The van der Waals surface area contributed by atoms with Gasteiger partial charge in [0.2, 0.25) is 0 Å². The van der Waals surface area contributed by atoms with Gasteiger partial charge in [0.15, 0.2) is 6.10 Å². The number of ether oxygens (including phenoxy) is 1. The van der Waals surface area contributed by atoms with Crippen LogP contribution >= 0.6 is 11.3 Å². The average molecular weight is 167 g/mol. The molecule has 58 valence electrons. The second kappa shape index (κ2) is 3.51. The van der Waals surface area contributed by atoms with Crippen LogP contribution < -0.4 is 0 Å². The molecule has 0 aliphatic rings. The van der Waals surface area contributed by atoms with Crippen LogP contribution in [0.2, 0.25) is 0 Å². The van der Waals surface area contributed by atoms with Crippen LogP contribution in [-0.2, 0) is 4.74 Å². The van der Waals surface area contributed by atoms with E-state index in [-0.39, 0.29) is 0 Å². The summed E-state index contributed by atoms with van der Waals surface area (Å²) >= 11 is 1.60. The summed E-state index contributed by atoms with van der Waals surface area (Å²) in [5.74, 6) is 0. The van der Waals surface area contributed by atoms with Crippen molar-refractivity contribution in [2.24, 2.45) is 0 Å². The van der Waals surface area contributed by atoms with Crippen molar-refractivity contribution in [3.05, 3.63) is 21.9 Å². The fourth-order valence-electron chi connectivity index (χ4n) is 0.827. The van der Waals surface area contributed by atoms with E-state index in [0.717, 1.165) is 4.88 Å². The van der Waals surface area contributed by atoms with Gasteiger partial charge in [0, 0.05) is 16.9 Å². The van der Waals surface area contributed by atoms with Gasteiger partial charge in [0.1, 0.15) is 6.07 Å². The van der Waals surface area contributed by atoms with E-state index in [1.807, 2.05) is 19.1 Å². The average Bonchev–Trinajstić information content (AvgIpc) is 2.39. The Morgan fingerprint density at radius 2 is 2.36 bits per heavy atom. The van der Waals surface area contributed by atoms with E-state index in [1.165, 1.54) is 4.88 Å². The van der Waals surface area contributed by atoms with Gasteiger partial charge in [-0.25, -0.2) is 0 Å². The summed E-state index contributed by atoms with van der Waals surface area (Å²) in [6.07, 6.45) is -0.395. The molecule has 0 bridgehead atoms. The van der Waals surface area contributed by atoms with E-state index in [2.05, 4.69) is 6.07 Å². The minimum Gasteiger partial charge on any atom is -0.361 e. The smallest absolute Gasteiger partial charge is 0.177 e. The van der Waals surface area contributed by atoms with Crippen molar-refractivity contribution in [1.82, 2.24) is 0 Å². The summed E-state index contributed by atoms with van der Waals surface area (Å²) in [5.41, 5.74) is 0. The number of rotatable bonds is 2. The van der Waals surface area contributed by atoms with Crippen molar-refractivity contribution in [2.45, 2.75) is 13.0 Å². The maximum Gasteiger partial charge on any atom is 0.177 e. The Labute approximate surface area is 70.0 Å². The predicted molar refractivity (Wildman–Crippen MR) is 44.4 cm³/mol. The van der Waals surface area contributed by atoms with Crippen LogP contribution in [-0.4, -0.2) is 7.11 Å². The minimum absolute atomic E-state index is 0.395. The molecule has 0 spiro atoms. The Morgan fingerprint density at radius 3 is 2.73 bits per heavy atom. The summed E-state index contributed by atoms with van der Waals surface area (Å²) in [6.45, 7) is 2.01. The van der Waals surface area contributed by atoms with E-state index in [1.54, 1.807) is 18.4 Å². The van der Waals surface area contributed by atoms with Gasteiger partial charge in [-0.3, -0.25) is 0 Å². The minimum atomic E-state index is -0.395. The summed E-state index contributed by atoms with van der Waals surface area (Å²) in [4.78, 5) is 2.19. The lowest BCUT2D eigenvalue weighted by atomic mass is 10.3. The summed E-state index contributed by atoms with van der Waals surface area (Å²) in [5, 5.41) is 8.62. The zero-order chi connectivity index (χ0) is 8.27. The highest BCUT2D eigenvalue weighted by molar-refractivity contribution is 7.12. The van der Waals surface area contributed by atoms with Gasteiger partial charge < -0.3 is 4.74 Å². The van der Waals surface area contributed by atoms with E-state index in [0.29, 0.717) is 0 Å². The molecule has 1 aromatic heterocycles. The lowest BCUT2D eigenvalue weighted by Crippen LogP contribution is -1.93. The molecule has 1 heterocycles. The van der Waals surface area contributed by atoms with Crippen LogP contribution in [0.3, 0.4) is 0 Å². The molecule has 0 saturated carbocycles. The molecule has 11 heavy (non-hydrogen) atoms. The number of nitriles is 1. The first kappa shape index (κ1) is 8.25. The van der Waals surface area contributed by atoms with Gasteiger partial charge in [0.05, 0.1) is 0 Å². The van der Waals surface area contributed by atoms with E-state index in [9.17, 15) is 0 Å². The number of aryl methyl sites for hydroxylation is 1. The SMILES string of the molecule is CO[C@@H](C#N)c1ccc(C)s1. The highest BCUT2D eigenvalue weighted by Gasteiger charge is 2.09. The quantitative estimate of drug-likeness (QED) is 0.677. The molecular formula is C8H9NOS. The van der Waals surface area contributed by atoms with Crippen molar-refractivity contribution < 1.29 is 4.74 Å². The van der Waals surface area contributed by atoms with Crippen molar-refractivity contribution in [3.8, 4) is 6.07 Å². The molecule has 0 radical (unpaired) electrons. The molecule has 0 aliphatic heterocycles. The molecule has 0 aromatic carbocycles. The predicted octanol–water partition coefficient (Wildman–Crippen LogP) is 2.27. The molecule has 0 fully saturated rings. The van der Waals surface area contributed by atoms with Gasteiger partial charge >= 0.3 is 0 Å². The Morgan fingerprint density at radius 1 is 1.64 bits per heavy atom. The zero-order valence-corrected chi connectivity index (χ0v) is 7.31. The Hall–Kier alpha value is -0.850. The first-order valence-electron chi connectivity index (χ1n) is 3.26. The van der Waals surface area contributed by atoms with Crippen LogP contribution in [0.4, 0.5) is 0 Å². The highest BCUT2D eigenvalue weighted by Crippen LogP contribution is 2.23. The zero-order valence-electron chi connectivity index (χ0n) is 6.50. The van der Waals surface area contributed by atoms with Gasteiger partial charge in [-0.1, -0.05) is 0 Å². The maximum atomic E-state index is 8.62. The van der Waals surface area contributed by atoms with Crippen molar-refractivity contribution >= 4 is 11.3 Å².